The van der Waals surface area contributed by atoms with E-state index in [9.17, 15) is 10.1 Å². The number of nitrogens with zero attached hydrogens (tertiary/aromatic N) is 1. The van der Waals surface area contributed by atoms with Crippen molar-refractivity contribution in [1.82, 2.24) is 0 Å². The first-order chi connectivity index (χ1) is 6.49. The Labute approximate surface area is 81.3 Å². The second kappa shape index (κ2) is 3.73. The molecule has 14 heavy (non-hydrogen) atoms. The smallest absolute Gasteiger partial charge is 0.274 e. The fourth-order valence-electron chi connectivity index (χ4n) is 1.20. The van der Waals surface area contributed by atoms with Crippen LogP contribution in [0.1, 0.15) is 12.5 Å². The number of aliphatic hydroxyl groups excluding tert-OH is 1. The van der Waals surface area contributed by atoms with Gasteiger partial charge in [0, 0.05) is 6.07 Å². The maximum atomic E-state index is 10.7. The molecule has 1 atom stereocenters. The van der Waals surface area contributed by atoms with Crippen molar-refractivity contribution in [2.24, 2.45) is 5.73 Å². The van der Waals surface area contributed by atoms with Crippen LogP contribution < -0.4 is 5.73 Å². The van der Waals surface area contributed by atoms with Gasteiger partial charge in [0.05, 0.1) is 22.6 Å². The van der Waals surface area contributed by atoms with E-state index in [1.807, 2.05) is 0 Å². The Morgan fingerprint density at radius 2 is 2.14 bits per heavy atom. The molecule has 0 amide bonds. The maximum absolute atomic E-state index is 10.7. The van der Waals surface area contributed by atoms with Crippen molar-refractivity contribution in [3.05, 3.63) is 39.9 Å². The second-order valence-electron chi connectivity index (χ2n) is 3.35. The van der Waals surface area contributed by atoms with Crippen LogP contribution in [0.4, 0.5) is 5.69 Å². The summed E-state index contributed by atoms with van der Waals surface area (Å²) < 4.78 is 0. The summed E-state index contributed by atoms with van der Waals surface area (Å²) in [5.74, 6) is 0. The predicted octanol–water partition coefficient (Wildman–Crippen LogP) is 0.761. The number of aliphatic hydroxyl groups is 1. The van der Waals surface area contributed by atoms with Crippen molar-refractivity contribution in [2.75, 3.05) is 6.61 Å². The molecule has 0 unspecified atom stereocenters. The van der Waals surface area contributed by atoms with E-state index in [1.165, 1.54) is 6.07 Å². The minimum Gasteiger partial charge on any atom is -0.394 e. The molecule has 0 fully saturated rings. The lowest BCUT2D eigenvalue weighted by Gasteiger charge is -2.21. The largest absolute Gasteiger partial charge is 0.394 e. The Kier molecular flexibility index (Phi) is 2.83. The highest BCUT2D eigenvalue weighted by molar-refractivity contribution is 5.44. The lowest BCUT2D eigenvalue weighted by Crippen LogP contribution is -2.37. The highest BCUT2D eigenvalue weighted by Crippen LogP contribution is 2.26. The number of rotatable bonds is 3. The van der Waals surface area contributed by atoms with Gasteiger partial charge in [-0.05, 0) is 6.92 Å². The molecule has 0 heterocycles. The highest BCUT2D eigenvalue weighted by atomic mass is 16.6. The normalized spacial score (nSPS) is 14.8. The van der Waals surface area contributed by atoms with Crippen LogP contribution in [0.5, 0.6) is 0 Å². The number of para-hydroxylation sites is 1. The molecule has 3 N–H and O–H groups in total. The van der Waals surface area contributed by atoms with E-state index in [4.69, 9.17) is 10.8 Å². The average molecular weight is 196 g/mol. The first-order valence-electron chi connectivity index (χ1n) is 4.12. The Morgan fingerprint density at radius 3 is 2.64 bits per heavy atom. The first-order valence-corrected chi connectivity index (χ1v) is 4.12. The van der Waals surface area contributed by atoms with Gasteiger partial charge in [0.1, 0.15) is 0 Å². The summed E-state index contributed by atoms with van der Waals surface area (Å²) in [7, 11) is 0. The number of nitro groups is 1. The minimum absolute atomic E-state index is 0.0634. The Bertz CT molecular complexity index is 350. The van der Waals surface area contributed by atoms with Crippen LogP contribution >= 0.6 is 0 Å². The van der Waals surface area contributed by atoms with Gasteiger partial charge in [-0.25, -0.2) is 0 Å². The monoisotopic (exact) mass is 196 g/mol. The molecule has 1 rings (SSSR count). The molecule has 0 saturated carbocycles. The van der Waals surface area contributed by atoms with Crippen LogP contribution in [0, 0.1) is 10.1 Å². The molecule has 1 aromatic rings. The average Bonchev–Trinajstić information content (AvgIpc) is 2.18. The lowest BCUT2D eigenvalue weighted by atomic mass is 9.93. The topological polar surface area (TPSA) is 89.4 Å². The Hall–Kier alpha value is -1.46. The van der Waals surface area contributed by atoms with Crippen molar-refractivity contribution < 1.29 is 10.0 Å². The third-order valence-electron chi connectivity index (χ3n) is 2.04. The van der Waals surface area contributed by atoms with Gasteiger partial charge in [-0.3, -0.25) is 10.1 Å². The number of hydrogen-bond acceptors (Lipinski definition) is 4. The lowest BCUT2D eigenvalue weighted by molar-refractivity contribution is -0.386. The van der Waals surface area contributed by atoms with Crippen molar-refractivity contribution in [3.63, 3.8) is 0 Å². The molecule has 0 saturated heterocycles. The summed E-state index contributed by atoms with van der Waals surface area (Å²) in [4.78, 5) is 10.1. The standard InChI is InChI=1S/C9H12N2O3/c1-9(10,6-12)7-4-2-3-5-8(7)11(13)14/h2-5,12H,6,10H2,1H3/t9-/m0/s1. The summed E-state index contributed by atoms with van der Waals surface area (Å²) in [6, 6.07) is 6.14. The third kappa shape index (κ3) is 1.89. The van der Waals surface area contributed by atoms with Crippen LogP contribution in [0.25, 0.3) is 0 Å². The van der Waals surface area contributed by atoms with Crippen LogP contribution in [0.2, 0.25) is 0 Å². The van der Waals surface area contributed by atoms with Crippen LogP contribution in [0.3, 0.4) is 0 Å². The summed E-state index contributed by atoms with van der Waals surface area (Å²) in [5.41, 5.74) is 4.92. The summed E-state index contributed by atoms with van der Waals surface area (Å²) in [6.45, 7) is 1.22. The van der Waals surface area contributed by atoms with E-state index in [1.54, 1.807) is 25.1 Å². The van der Waals surface area contributed by atoms with Crippen molar-refractivity contribution in [2.45, 2.75) is 12.5 Å². The number of nitro benzene ring substituents is 1. The quantitative estimate of drug-likeness (QED) is 0.551. The van der Waals surface area contributed by atoms with Gasteiger partial charge in [-0.1, -0.05) is 18.2 Å². The summed E-state index contributed by atoms with van der Waals surface area (Å²) in [5, 5.41) is 19.7. The summed E-state index contributed by atoms with van der Waals surface area (Å²) >= 11 is 0. The third-order valence-corrected chi connectivity index (χ3v) is 2.04. The van der Waals surface area contributed by atoms with Crippen molar-refractivity contribution in [1.29, 1.82) is 0 Å². The number of nitrogens with two attached hydrogens (primary N) is 1. The fraction of sp³-hybridized carbons (Fsp3) is 0.333. The summed E-state index contributed by atoms with van der Waals surface area (Å²) in [6.07, 6.45) is 0. The molecule has 76 valence electrons. The molecule has 0 bridgehead atoms. The van der Waals surface area contributed by atoms with E-state index < -0.39 is 10.5 Å². The maximum Gasteiger partial charge on any atom is 0.274 e. The van der Waals surface area contributed by atoms with E-state index in [2.05, 4.69) is 0 Å². The van der Waals surface area contributed by atoms with E-state index in [0.29, 0.717) is 5.56 Å². The van der Waals surface area contributed by atoms with Crippen molar-refractivity contribution >= 4 is 5.69 Å². The van der Waals surface area contributed by atoms with Gasteiger partial charge in [-0.15, -0.1) is 0 Å². The van der Waals surface area contributed by atoms with E-state index in [-0.39, 0.29) is 12.3 Å². The van der Waals surface area contributed by atoms with Gasteiger partial charge in [0.15, 0.2) is 0 Å². The van der Waals surface area contributed by atoms with Gasteiger partial charge >= 0.3 is 0 Å². The van der Waals surface area contributed by atoms with Crippen LogP contribution in [0.15, 0.2) is 24.3 Å². The first kappa shape index (κ1) is 10.6. The molecular weight excluding hydrogens is 184 g/mol. The zero-order valence-corrected chi connectivity index (χ0v) is 7.80. The molecule has 0 aliphatic carbocycles. The molecule has 5 heteroatoms. The molecular formula is C9H12N2O3. The van der Waals surface area contributed by atoms with Gasteiger partial charge in [0.2, 0.25) is 0 Å². The number of hydrogen-bond donors (Lipinski definition) is 2. The zero-order valence-electron chi connectivity index (χ0n) is 7.80. The zero-order chi connectivity index (χ0) is 10.8. The number of benzene rings is 1. The van der Waals surface area contributed by atoms with E-state index >= 15 is 0 Å². The van der Waals surface area contributed by atoms with Crippen LogP contribution in [-0.4, -0.2) is 16.6 Å². The second-order valence-corrected chi connectivity index (χ2v) is 3.35. The van der Waals surface area contributed by atoms with Crippen molar-refractivity contribution in [3.8, 4) is 0 Å². The molecule has 0 radical (unpaired) electrons. The fourth-order valence-corrected chi connectivity index (χ4v) is 1.20. The minimum atomic E-state index is -1.08. The molecule has 0 spiro atoms. The van der Waals surface area contributed by atoms with E-state index in [0.717, 1.165) is 0 Å². The van der Waals surface area contributed by atoms with Crippen LogP contribution in [-0.2, 0) is 5.54 Å². The van der Waals surface area contributed by atoms with Gasteiger partial charge in [-0.2, -0.15) is 0 Å². The SMILES string of the molecule is C[C@](N)(CO)c1ccccc1[N+](=O)[O-]. The predicted molar refractivity (Wildman–Crippen MR) is 51.7 cm³/mol. The highest BCUT2D eigenvalue weighted by Gasteiger charge is 2.28. The molecule has 0 aliphatic rings. The Balaban J connectivity index is 3.27. The Morgan fingerprint density at radius 1 is 1.57 bits per heavy atom. The molecule has 0 aromatic heterocycles. The van der Waals surface area contributed by atoms with Gasteiger partial charge < -0.3 is 10.8 Å². The molecule has 5 nitrogen and oxygen atoms in total. The van der Waals surface area contributed by atoms with Gasteiger partial charge in [0.25, 0.3) is 5.69 Å². The molecule has 1 aromatic carbocycles. The molecule has 0 aliphatic heterocycles.